The summed E-state index contributed by atoms with van der Waals surface area (Å²) in [5.74, 6) is -0.918. The second-order valence-corrected chi connectivity index (χ2v) is 2.65. The smallest absolute Gasteiger partial charge is 0.335 e. The Hall–Kier alpha value is -1.00. The minimum absolute atomic E-state index is 0.280. The monoisotopic (exact) mass is 169 g/mol. The molecule has 0 aliphatic heterocycles. The molecule has 0 atom stereocenters. The number of carboxylic acid groups (broad SMARTS) is 1. The van der Waals surface area contributed by atoms with Crippen LogP contribution in [0.25, 0.3) is 0 Å². The fourth-order valence-corrected chi connectivity index (χ4v) is 0.969. The molecule has 0 aromatic heterocycles. The lowest BCUT2D eigenvalue weighted by atomic mass is 10.2. The molecular weight excluding hydrogens is 162 g/mol. The van der Waals surface area contributed by atoms with Gasteiger partial charge in [-0.15, -0.1) is 0 Å². The molecule has 0 radical (unpaired) electrons. The Labute approximate surface area is 68.4 Å². The van der Waals surface area contributed by atoms with Gasteiger partial charge in [0.25, 0.3) is 0 Å². The number of benzene rings is 1. The van der Waals surface area contributed by atoms with E-state index in [1.54, 1.807) is 12.1 Å². The summed E-state index contributed by atoms with van der Waals surface area (Å²) in [7, 11) is 0. The molecule has 3 nitrogen and oxygen atoms in total. The van der Waals surface area contributed by atoms with Crippen LogP contribution in [0.4, 0.5) is 0 Å². The quantitative estimate of drug-likeness (QED) is 0.656. The van der Waals surface area contributed by atoms with Crippen LogP contribution >= 0.6 is 11.9 Å². The number of carboxylic acids is 1. The first-order valence-electron chi connectivity index (χ1n) is 2.94. The summed E-state index contributed by atoms with van der Waals surface area (Å²) in [6.07, 6.45) is 0. The fraction of sp³-hybridized carbons (Fsp3) is 0. The Morgan fingerprint density at radius 1 is 1.36 bits per heavy atom. The van der Waals surface area contributed by atoms with Crippen LogP contribution in [0.5, 0.6) is 0 Å². The van der Waals surface area contributed by atoms with Gasteiger partial charge in [0.2, 0.25) is 0 Å². The van der Waals surface area contributed by atoms with Gasteiger partial charge >= 0.3 is 5.97 Å². The molecule has 0 aliphatic rings. The molecule has 0 heterocycles. The van der Waals surface area contributed by atoms with E-state index in [9.17, 15) is 4.79 Å². The normalized spacial score (nSPS) is 9.55. The predicted octanol–water partition coefficient (Wildman–Crippen LogP) is 1.35. The van der Waals surface area contributed by atoms with Crippen molar-refractivity contribution in [2.45, 2.75) is 4.90 Å². The van der Waals surface area contributed by atoms with Gasteiger partial charge in [0.15, 0.2) is 0 Å². The highest BCUT2D eigenvalue weighted by Crippen LogP contribution is 2.11. The summed E-state index contributed by atoms with van der Waals surface area (Å²) >= 11 is 1.10. The van der Waals surface area contributed by atoms with Crippen molar-refractivity contribution in [1.29, 1.82) is 0 Å². The van der Waals surface area contributed by atoms with Crippen LogP contribution in [0, 0.1) is 0 Å². The van der Waals surface area contributed by atoms with Crippen molar-refractivity contribution in [3.05, 3.63) is 29.8 Å². The van der Waals surface area contributed by atoms with E-state index in [2.05, 4.69) is 0 Å². The van der Waals surface area contributed by atoms with Gasteiger partial charge < -0.3 is 5.11 Å². The minimum Gasteiger partial charge on any atom is -0.478 e. The summed E-state index contributed by atoms with van der Waals surface area (Å²) < 4.78 is 0. The second-order valence-electron chi connectivity index (χ2n) is 1.95. The largest absolute Gasteiger partial charge is 0.478 e. The number of hydrogen-bond donors (Lipinski definition) is 2. The molecule has 0 spiro atoms. The Morgan fingerprint density at radius 3 is 2.27 bits per heavy atom. The molecule has 0 saturated carbocycles. The molecule has 0 amide bonds. The van der Waals surface area contributed by atoms with Gasteiger partial charge in [-0.3, -0.25) is 5.14 Å². The Morgan fingerprint density at radius 2 is 1.91 bits per heavy atom. The summed E-state index contributed by atoms with van der Waals surface area (Å²) in [6, 6.07) is 6.40. The molecule has 1 aromatic carbocycles. The Bertz CT molecular complexity index is 258. The first-order chi connectivity index (χ1) is 5.24. The molecule has 0 saturated heterocycles. The van der Waals surface area contributed by atoms with E-state index in [0.29, 0.717) is 0 Å². The van der Waals surface area contributed by atoms with Crippen molar-refractivity contribution in [2.24, 2.45) is 5.14 Å². The number of hydrogen-bond acceptors (Lipinski definition) is 3. The first kappa shape index (κ1) is 8.10. The van der Waals surface area contributed by atoms with Crippen LogP contribution in [0.2, 0.25) is 0 Å². The summed E-state index contributed by atoms with van der Waals surface area (Å²) in [6.45, 7) is 0. The minimum atomic E-state index is -0.918. The molecule has 0 bridgehead atoms. The average molecular weight is 169 g/mol. The van der Waals surface area contributed by atoms with Crippen molar-refractivity contribution in [1.82, 2.24) is 0 Å². The molecule has 0 aliphatic carbocycles. The second kappa shape index (κ2) is 3.41. The molecule has 11 heavy (non-hydrogen) atoms. The standard InChI is InChI=1S/C7H7NO2S/c8-11-6-3-1-5(2-4-6)7(9)10/h1-4H,8H2,(H,9,10). The third-order valence-corrected chi connectivity index (χ3v) is 1.78. The van der Waals surface area contributed by atoms with Crippen LogP contribution in [-0.2, 0) is 0 Å². The van der Waals surface area contributed by atoms with E-state index in [1.807, 2.05) is 0 Å². The zero-order valence-electron chi connectivity index (χ0n) is 5.65. The van der Waals surface area contributed by atoms with Crippen molar-refractivity contribution >= 4 is 17.9 Å². The van der Waals surface area contributed by atoms with Gasteiger partial charge in [-0.2, -0.15) is 0 Å². The summed E-state index contributed by atoms with van der Waals surface area (Å²) in [5.41, 5.74) is 0.280. The highest BCUT2D eigenvalue weighted by Gasteiger charge is 2.00. The fourth-order valence-electron chi connectivity index (χ4n) is 0.676. The van der Waals surface area contributed by atoms with E-state index in [0.717, 1.165) is 16.8 Å². The Balaban J connectivity index is 2.91. The van der Waals surface area contributed by atoms with E-state index in [-0.39, 0.29) is 5.56 Å². The SMILES string of the molecule is NSc1ccc(C(=O)O)cc1. The third kappa shape index (κ3) is 1.96. The maximum absolute atomic E-state index is 10.4. The van der Waals surface area contributed by atoms with Gasteiger partial charge in [-0.1, -0.05) is 0 Å². The van der Waals surface area contributed by atoms with Gasteiger partial charge in [-0.25, -0.2) is 4.79 Å². The van der Waals surface area contributed by atoms with Gasteiger partial charge in [0.05, 0.1) is 5.56 Å². The van der Waals surface area contributed by atoms with Crippen molar-refractivity contribution in [3.63, 3.8) is 0 Å². The highest BCUT2D eigenvalue weighted by atomic mass is 32.2. The zero-order chi connectivity index (χ0) is 8.27. The first-order valence-corrected chi connectivity index (χ1v) is 3.82. The van der Waals surface area contributed by atoms with Gasteiger partial charge in [-0.05, 0) is 36.2 Å². The number of nitrogens with two attached hydrogens (primary N) is 1. The van der Waals surface area contributed by atoms with Crippen LogP contribution in [0.1, 0.15) is 10.4 Å². The lowest BCUT2D eigenvalue weighted by Gasteiger charge is -1.95. The molecule has 0 unspecified atom stereocenters. The maximum atomic E-state index is 10.4. The highest BCUT2D eigenvalue weighted by molar-refractivity contribution is 7.97. The van der Waals surface area contributed by atoms with E-state index >= 15 is 0 Å². The number of aromatic carboxylic acids is 1. The number of carbonyl (C=O) groups is 1. The zero-order valence-corrected chi connectivity index (χ0v) is 6.47. The van der Waals surface area contributed by atoms with E-state index in [1.165, 1.54) is 12.1 Å². The predicted molar refractivity (Wildman–Crippen MR) is 43.4 cm³/mol. The van der Waals surface area contributed by atoms with Crippen LogP contribution < -0.4 is 5.14 Å². The summed E-state index contributed by atoms with van der Waals surface area (Å²) in [5, 5.41) is 13.8. The van der Waals surface area contributed by atoms with E-state index < -0.39 is 5.97 Å². The van der Waals surface area contributed by atoms with E-state index in [4.69, 9.17) is 10.2 Å². The molecular formula is C7H7NO2S. The van der Waals surface area contributed by atoms with Crippen molar-refractivity contribution in [2.75, 3.05) is 0 Å². The molecule has 1 aromatic rings. The molecule has 3 N–H and O–H groups in total. The molecule has 0 fully saturated rings. The maximum Gasteiger partial charge on any atom is 0.335 e. The van der Waals surface area contributed by atoms with Crippen molar-refractivity contribution < 1.29 is 9.90 Å². The Kier molecular flexibility index (Phi) is 2.51. The van der Waals surface area contributed by atoms with Gasteiger partial charge in [0.1, 0.15) is 0 Å². The van der Waals surface area contributed by atoms with Crippen molar-refractivity contribution in [3.8, 4) is 0 Å². The van der Waals surface area contributed by atoms with Crippen LogP contribution in [0.3, 0.4) is 0 Å². The van der Waals surface area contributed by atoms with Gasteiger partial charge in [0, 0.05) is 4.90 Å². The lowest BCUT2D eigenvalue weighted by Crippen LogP contribution is -1.94. The molecule has 1 rings (SSSR count). The molecule has 58 valence electrons. The number of rotatable bonds is 2. The third-order valence-electron chi connectivity index (χ3n) is 1.24. The lowest BCUT2D eigenvalue weighted by molar-refractivity contribution is 0.0697. The van der Waals surface area contributed by atoms with Crippen LogP contribution in [0.15, 0.2) is 29.2 Å². The average Bonchev–Trinajstić information content (AvgIpc) is 2.05. The summed E-state index contributed by atoms with van der Waals surface area (Å²) in [4.78, 5) is 11.2. The van der Waals surface area contributed by atoms with Crippen LogP contribution in [-0.4, -0.2) is 11.1 Å². The topological polar surface area (TPSA) is 63.3 Å². The molecule has 4 heteroatoms.